The molecule has 0 saturated heterocycles. The largest absolute Gasteiger partial charge is 0.482 e. The lowest BCUT2D eigenvalue weighted by atomic mass is 10.2. The minimum atomic E-state index is -0.429. The van der Waals surface area contributed by atoms with E-state index in [2.05, 4.69) is 20.8 Å². The average Bonchev–Trinajstić information content (AvgIpc) is 2.47. The fourth-order valence-corrected chi connectivity index (χ4v) is 1.89. The quantitative estimate of drug-likeness (QED) is 0.881. The Morgan fingerprint density at radius 1 is 1.29 bits per heavy atom. The number of rotatable bonds is 2. The van der Waals surface area contributed by atoms with Crippen LogP contribution in [0.2, 0.25) is 5.15 Å². The number of anilines is 2. The second-order valence-corrected chi connectivity index (χ2v) is 4.63. The molecule has 7 nitrogen and oxygen atoms in total. The Kier molecular flexibility index (Phi) is 3.41. The van der Waals surface area contributed by atoms with Crippen LogP contribution < -0.4 is 15.4 Å². The number of fused-ring (bicyclic) bond motifs is 1. The maximum Gasteiger partial charge on any atom is 0.276 e. The van der Waals surface area contributed by atoms with Gasteiger partial charge in [-0.1, -0.05) is 11.6 Å². The summed E-state index contributed by atoms with van der Waals surface area (Å²) in [5.74, 6) is -0.115. The lowest BCUT2D eigenvalue weighted by Crippen LogP contribution is -2.25. The Hall–Kier alpha value is -2.67. The highest BCUT2D eigenvalue weighted by Crippen LogP contribution is 2.30. The first-order valence-corrected chi connectivity index (χ1v) is 6.37. The van der Waals surface area contributed by atoms with Crippen molar-refractivity contribution in [3.8, 4) is 5.75 Å². The van der Waals surface area contributed by atoms with Gasteiger partial charge >= 0.3 is 0 Å². The molecule has 0 unspecified atom stereocenters. The van der Waals surface area contributed by atoms with Gasteiger partial charge in [-0.3, -0.25) is 9.59 Å². The van der Waals surface area contributed by atoms with E-state index in [-0.39, 0.29) is 23.4 Å². The standard InChI is InChI=1S/C13H9ClN4O3/c14-11-4-2-8(17-18-11)13(20)15-7-1-3-10-9(5-7)16-12(19)6-21-10/h1-5H,6H2,(H,15,20)(H,16,19). The van der Waals surface area contributed by atoms with Gasteiger partial charge in [0.05, 0.1) is 5.69 Å². The molecule has 0 fully saturated rings. The molecule has 2 heterocycles. The predicted octanol–water partition coefficient (Wildman–Crippen LogP) is 1.71. The van der Waals surface area contributed by atoms with Gasteiger partial charge in [0.25, 0.3) is 11.8 Å². The number of carbonyl (C=O) groups excluding carboxylic acids is 2. The first kappa shape index (κ1) is 13.3. The zero-order valence-electron chi connectivity index (χ0n) is 10.6. The minimum Gasteiger partial charge on any atom is -0.482 e. The molecule has 1 aromatic heterocycles. The van der Waals surface area contributed by atoms with Crippen LogP contribution in [-0.2, 0) is 4.79 Å². The molecule has 2 aromatic rings. The molecule has 8 heteroatoms. The van der Waals surface area contributed by atoms with E-state index in [0.29, 0.717) is 17.1 Å². The monoisotopic (exact) mass is 304 g/mol. The van der Waals surface area contributed by atoms with Crippen molar-refractivity contribution in [3.05, 3.63) is 41.2 Å². The summed E-state index contributed by atoms with van der Waals surface area (Å²) in [5, 5.41) is 12.8. The molecular weight excluding hydrogens is 296 g/mol. The van der Waals surface area contributed by atoms with E-state index in [9.17, 15) is 9.59 Å². The van der Waals surface area contributed by atoms with Crippen LogP contribution in [0.1, 0.15) is 10.5 Å². The number of benzene rings is 1. The summed E-state index contributed by atoms with van der Waals surface area (Å²) in [6, 6.07) is 7.88. The van der Waals surface area contributed by atoms with Gasteiger partial charge in [-0.25, -0.2) is 0 Å². The molecule has 21 heavy (non-hydrogen) atoms. The molecular formula is C13H9ClN4O3. The van der Waals surface area contributed by atoms with Crippen LogP contribution in [0.4, 0.5) is 11.4 Å². The van der Waals surface area contributed by atoms with Gasteiger partial charge in [-0.05, 0) is 30.3 Å². The zero-order valence-corrected chi connectivity index (χ0v) is 11.3. The van der Waals surface area contributed by atoms with E-state index in [0.717, 1.165) is 0 Å². The van der Waals surface area contributed by atoms with Gasteiger partial charge in [-0.15, -0.1) is 10.2 Å². The van der Waals surface area contributed by atoms with Gasteiger partial charge in [-0.2, -0.15) is 0 Å². The molecule has 3 rings (SSSR count). The van der Waals surface area contributed by atoms with E-state index in [1.54, 1.807) is 18.2 Å². The molecule has 1 aliphatic rings. The molecule has 0 atom stereocenters. The lowest BCUT2D eigenvalue weighted by Gasteiger charge is -2.18. The summed E-state index contributed by atoms with van der Waals surface area (Å²) in [7, 11) is 0. The Labute approximate surface area is 124 Å². The van der Waals surface area contributed by atoms with Crippen molar-refractivity contribution in [1.29, 1.82) is 0 Å². The Morgan fingerprint density at radius 2 is 2.14 bits per heavy atom. The van der Waals surface area contributed by atoms with E-state index in [4.69, 9.17) is 16.3 Å². The highest BCUT2D eigenvalue weighted by atomic mass is 35.5. The first-order chi connectivity index (χ1) is 10.1. The molecule has 106 valence electrons. The minimum absolute atomic E-state index is 0.0148. The van der Waals surface area contributed by atoms with Crippen molar-refractivity contribution >= 4 is 34.8 Å². The normalized spacial score (nSPS) is 12.9. The van der Waals surface area contributed by atoms with Crippen molar-refractivity contribution < 1.29 is 14.3 Å². The van der Waals surface area contributed by atoms with Crippen LogP contribution in [0.25, 0.3) is 0 Å². The van der Waals surface area contributed by atoms with E-state index in [1.165, 1.54) is 12.1 Å². The maximum absolute atomic E-state index is 12.0. The number of aromatic nitrogens is 2. The van der Waals surface area contributed by atoms with Crippen molar-refractivity contribution in [2.24, 2.45) is 0 Å². The first-order valence-electron chi connectivity index (χ1n) is 5.99. The van der Waals surface area contributed by atoms with Gasteiger partial charge in [0.2, 0.25) is 0 Å². The molecule has 1 aromatic carbocycles. The molecule has 1 aliphatic heterocycles. The maximum atomic E-state index is 12.0. The Bertz CT molecular complexity index is 718. The second-order valence-electron chi connectivity index (χ2n) is 4.24. The Morgan fingerprint density at radius 3 is 2.90 bits per heavy atom. The fraction of sp³-hybridized carbons (Fsp3) is 0.0769. The number of carbonyl (C=O) groups is 2. The molecule has 0 bridgehead atoms. The number of hydrogen-bond acceptors (Lipinski definition) is 5. The van der Waals surface area contributed by atoms with E-state index >= 15 is 0 Å². The van der Waals surface area contributed by atoms with Crippen LogP contribution in [-0.4, -0.2) is 28.6 Å². The molecule has 0 radical (unpaired) electrons. The third-order valence-electron chi connectivity index (χ3n) is 2.73. The summed E-state index contributed by atoms with van der Waals surface area (Å²) in [6.07, 6.45) is 0. The zero-order chi connectivity index (χ0) is 14.8. The average molecular weight is 305 g/mol. The Balaban J connectivity index is 1.79. The summed E-state index contributed by atoms with van der Waals surface area (Å²) < 4.78 is 5.23. The molecule has 0 aliphatic carbocycles. The van der Waals surface area contributed by atoms with Gasteiger partial charge < -0.3 is 15.4 Å². The molecule has 2 N–H and O–H groups in total. The van der Waals surface area contributed by atoms with Crippen molar-refractivity contribution in [2.75, 3.05) is 17.2 Å². The van der Waals surface area contributed by atoms with Crippen LogP contribution in [0.15, 0.2) is 30.3 Å². The van der Waals surface area contributed by atoms with Gasteiger partial charge in [0.1, 0.15) is 5.75 Å². The number of nitrogens with zero attached hydrogens (tertiary/aromatic N) is 2. The highest BCUT2D eigenvalue weighted by molar-refractivity contribution is 6.29. The van der Waals surface area contributed by atoms with Gasteiger partial charge in [0.15, 0.2) is 17.5 Å². The topological polar surface area (TPSA) is 93.2 Å². The van der Waals surface area contributed by atoms with Gasteiger partial charge in [0, 0.05) is 5.69 Å². The van der Waals surface area contributed by atoms with Crippen molar-refractivity contribution in [3.63, 3.8) is 0 Å². The number of halogens is 1. The number of ether oxygens (including phenoxy) is 1. The van der Waals surface area contributed by atoms with Crippen LogP contribution in [0, 0.1) is 0 Å². The molecule has 0 saturated carbocycles. The summed E-state index contributed by atoms with van der Waals surface area (Å²) >= 11 is 5.61. The summed E-state index contributed by atoms with van der Waals surface area (Å²) in [5.41, 5.74) is 1.14. The number of nitrogens with one attached hydrogen (secondary N) is 2. The molecule has 2 amide bonds. The molecule has 0 spiro atoms. The van der Waals surface area contributed by atoms with Crippen molar-refractivity contribution in [2.45, 2.75) is 0 Å². The smallest absolute Gasteiger partial charge is 0.276 e. The third-order valence-corrected chi connectivity index (χ3v) is 2.94. The van der Waals surface area contributed by atoms with Crippen LogP contribution in [0.3, 0.4) is 0 Å². The van der Waals surface area contributed by atoms with Crippen molar-refractivity contribution in [1.82, 2.24) is 10.2 Å². The van der Waals surface area contributed by atoms with E-state index in [1.807, 2.05) is 0 Å². The lowest BCUT2D eigenvalue weighted by molar-refractivity contribution is -0.118. The van der Waals surface area contributed by atoms with E-state index < -0.39 is 5.91 Å². The summed E-state index contributed by atoms with van der Waals surface area (Å²) in [6.45, 7) is -0.0148. The second kappa shape index (κ2) is 5.37. The highest BCUT2D eigenvalue weighted by Gasteiger charge is 2.17. The van der Waals surface area contributed by atoms with Crippen LogP contribution in [0.5, 0.6) is 5.75 Å². The van der Waals surface area contributed by atoms with Crippen LogP contribution >= 0.6 is 11.6 Å². The SMILES string of the molecule is O=C1COc2ccc(NC(=O)c3ccc(Cl)nn3)cc2N1. The summed E-state index contributed by atoms with van der Waals surface area (Å²) in [4.78, 5) is 23.2. The third kappa shape index (κ3) is 2.92. The number of amides is 2. The number of hydrogen-bond donors (Lipinski definition) is 2. The fourth-order valence-electron chi connectivity index (χ4n) is 1.79. The predicted molar refractivity (Wildman–Crippen MR) is 75.6 cm³/mol.